The van der Waals surface area contributed by atoms with Gasteiger partial charge in [0.2, 0.25) is 6.41 Å². The van der Waals surface area contributed by atoms with E-state index in [1.54, 1.807) is 30.1 Å². The first-order chi connectivity index (χ1) is 15.2. The van der Waals surface area contributed by atoms with Crippen molar-refractivity contribution in [3.63, 3.8) is 0 Å². The van der Waals surface area contributed by atoms with E-state index in [0.717, 1.165) is 30.5 Å². The molecule has 1 atom stereocenters. The molecule has 168 valence electrons. The van der Waals surface area contributed by atoms with Gasteiger partial charge in [0.05, 0.1) is 5.69 Å². The number of aromatic nitrogens is 3. The number of aliphatic hydroxyl groups is 1. The Labute approximate surface area is 188 Å². The van der Waals surface area contributed by atoms with E-state index in [4.69, 9.17) is 5.73 Å². The topological polar surface area (TPSA) is 114 Å². The van der Waals surface area contributed by atoms with Crippen molar-refractivity contribution in [2.24, 2.45) is 11.1 Å². The van der Waals surface area contributed by atoms with Crippen molar-refractivity contribution in [2.45, 2.75) is 45.6 Å². The van der Waals surface area contributed by atoms with Crippen LogP contribution in [0, 0.1) is 30.1 Å². The summed E-state index contributed by atoms with van der Waals surface area (Å²) >= 11 is 0. The maximum absolute atomic E-state index is 11.9. The molecule has 2 heterocycles. The van der Waals surface area contributed by atoms with Crippen molar-refractivity contribution in [3.05, 3.63) is 40.8 Å². The number of hydrogen-bond acceptors (Lipinski definition) is 5. The molecule has 0 radical (unpaired) electrons. The van der Waals surface area contributed by atoms with Crippen molar-refractivity contribution in [1.82, 2.24) is 19.7 Å². The van der Waals surface area contributed by atoms with Gasteiger partial charge < -0.3 is 15.7 Å². The van der Waals surface area contributed by atoms with E-state index in [0.29, 0.717) is 36.5 Å². The highest BCUT2D eigenvalue weighted by atomic mass is 16.3. The van der Waals surface area contributed by atoms with Gasteiger partial charge in [-0.05, 0) is 36.8 Å². The van der Waals surface area contributed by atoms with Gasteiger partial charge in [0.25, 0.3) is 5.91 Å². The van der Waals surface area contributed by atoms with Crippen LogP contribution >= 0.6 is 0 Å². The smallest absolute Gasteiger partial charge is 0.269 e. The Hall–Kier alpha value is -3.62. The number of pyridine rings is 1. The molecule has 0 bridgehead atoms. The number of terminal acetylenes is 1. The van der Waals surface area contributed by atoms with Gasteiger partial charge in [0.1, 0.15) is 6.10 Å². The molecule has 8 heteroatoms. The molecule has 2 aromatic rings. The second kappa shape index (κ2) is 10.6. The average Bonchev–Trinajstić information content (AvgIpc) is 3.15. The summed E-state index contributed by atoms with van der Waals surface area (Å²) in [6.07, 6.45) is 12.3. The van der Waals surface area contributed by atoms with Gasteiger partial charge in [-0.2, -0.15) is 5.10 Å². The molecule has 0 fully saturated rings. The largest absolute Gasteiger partial charge is 0.380 e. The van der Waals surface area contributed by atoms with Crippen molar-refractivity contribution < 1.29 is 14.7 Å². The molecule has 32 heavy (non-hydrogen) atoms. The summed E-state index contributed by atoms with van der Waals surface area (Å²) in [5.41, 5.74) is 8.47. The molecular formula is C24H29N5O3. The van der Waals surface area contributed by atoms with E-state index in [9.17, 15) is 14.7 Å². The van der Waals surface area contributed by atoms with Crippen LogP contribution in [0.2, 0.25) is 0 Å². The monoisotopic (exact) mass is 435 g/mol. The summed E-state index contributed by atoms with van der Waals surface area (Å²) in [7, 11) is 1.65. The third-order valence-corrected chi connectivity index (χ3v) is 5.30. The van der Waals surface area contributed by atoms with Gasteiger partial charge in [-0.3, -0.25) is 9.59 Å². The standard InChI is InChI=1S/C22H27N5O3.C2H2/c1-22(2)9-6-17-18(13-22)27(25-20(17)21(23)30)19-12-15(7-10-24-19)4-5-16(29)8-11-26(3)14-28;1-2/h7,10,12,14,16,29H,6,8-9,11,13H2,1-3H3,(H2,23,30);1-2H/t16-;/m0./s1. The van der Waals surface area contributed by atoms with Gasteiger partial charge in [-0.15, -0.1) is 12.8 Å². The molecule has 1 aliphatic rings. The zero-order valence-corrected chi connectivity index (χ0v) is 18.7. The number of amides is 2. The van der Waals surface area contributed by atoms with Gasteiger partial charge >= 0.3 is 0 Å². The van der Waals surface area contributed by atoms with Crippen LogP contribution in [0.15, 0.2) is 18.3 Å². The fourth-order valence-electron chi connectivity index (χ4n) is 3.55. The van der Waals surface area contributed by atoms with Crippen LogP contribution in [0.1, 0.15) is 54.0 Å². The Bertz CT molecular complexity index is 1060. The lowest BCUT2D eigenvalue weighted by molar-refractivity contribution is -0.117. The van der Waals surface area contributed by atoms with E-state index >= 15 is 0 Å². The molecule has 3 rings (SSSR count). The highest BCUT2D eigenvalue weighted by molar-refractivity contribution is 5.92. The maximum atomic E-state index is 11.9. The Morgan fingerprint density at radius 3 is 2.84 bits per heavy atom. The number of nitrogens with two attached hydrogens (primary N) is 1. The van der Waals surface area contributed by atoms with Crippen LogP contribution in [0.4, 0.5) is 0 Å². The van der Waals surface area contributed by atoms with E-state index in [2.05, 4.69) is 48.6 Å². The van der Waals surface area contributed by atoms with Crippen molar-refractivity contribution >= 4 is 12.3 Å². The lowest BCUT2D eigenvalue weighted by Crippen LogP contribution is -2.24. The lowest BCUT2D eigenvalue weighted by Gasteiger charge is -2.30. The highest BCUT2D eigenvalue weighted by Gasteiger charge is 2.32. The number of carbonyl (C=O) groups is 2. The number of carbonyl (C=O) groups excluding carboxylic acids is 2. The molecule has 0 saturated carbocycles. The first-order valence-corrected chi connectivity index (χ1v) is 10.3. The molecule has 3 N–H and O–H groups in total. The molecule has 2 aromatic heterocycles. The number of aliphatic hydroxyl groups excluding tert-OH is 1. The van der Waals surface area contributed by atoms with Gasteiger partial charge in [0.15, 0.2) is 11.5 Å². The molecule has 0 unspecified atom stereocenters. The number of rotatable bonds is 6. The Morgan fingerprint density at radius 1 is 1.47 bits per heavy atom. The van der Waals surface area contributed by atoms with E-state index in [1.807, 2.05) is 0 Å². The van der Waals surface area contributed by atoms with Crippen molar-refractivity contribution in [3.8, 4) is 30.5 Å². The Kier molecular flexibility index (Phi) is 8.17. The zero-order valence-electron chi connectivity index (χ0n) is 18.7. The number of hydrogen-bond donors (Lipinski definition) is 2. The zero-order chi connectivity index (χ0) is 23.9. The third-order valence-electron chi connectivity index (χ3n) is 5.30. The lowest BCUT2D eigenvalue weighted by atomic mass is 9.76. The van der Waals surface area contributed by atoms with Crippen LogP contribution in [-0.2, 0) is 17.6 Å². The first kappa shape index (κ1) is 24.6. The van der Waals surface area contributed by atoms with Gasteiger partial charge in [-0.1, -0.05) is 25.7 Å². The molecule has 0 spiro atoms. The molecule has 8 nitrogen and oxygen atoms in total. The number of fused-ring (bicyclic) bond motifs is 1. The molecule has 2 amide bonds. The third kappa shape index (κ3) is 5.96. The van der Waals surface area contributed by atoms with Crippen molar-refractivity contribution in [2.75, 3.05) is 13.6 Å². The minimum absolute atomic E-state index is 0.0932. The first-order valence-electron chi connectivity index (χ1n) is 10.3. The van der Waals surface area contributed by atoms with E-state index < -0.39 is 12.0 Å². The predicted octanol–water partition coefficient (Wildman–Crippen LogP) is 1.32. The summed E-state index contributed by atoms with van der Waals surface area (Å²) in [5.74, 6) is 5.75. The fraction of sp³-hybridized carbons (Fsp3) is 0.417. The van der Waals surface area contributed by atoms with Crippen LogP contribution in [0.5, 0.6) is 0 Å². The summed E-state index contributed by atoms with van der Waals surface area (Å²) in [4.78, 5) is 28.4. The quantitative estimate of drug-likeness (QED) is 0.525. The fourth-order valence-corrected chi connectivity index (χ4v) is 3.55. The predicted molar refractivity (Wildman–Crippen MR) is 122 cm³/mol. The minimum atomic E-state index is -0.844. The number of primary amides is 1. The molecule has 0 aromatic carbocycles. The molecule has 1 aliphatic carbocycles. The second-order valence-electron chi connectivity index (χ2n) is 8.45. The highest BCUT2D eigenvalue weighted by Crippen LogP contribution is 2.36. The van der Waals surface area contributed by atoms with Crippen LogP contribution in [-0.4, -0.2) is 56.8 Å². The Morgan fingerprint density at radius 2 is 2.19 bits per heavy atom. The number of nitrogens with zero attached hydrogens (tertiary/aromatic N) is 4. The van der Waals surface area contributed by atoms with Gasteiger partial charge in [0, 0.05) is 37.3 Å². The second-order valence-corrected chi connectivity index (χ2v) is 8.45. The molecule has 0 saturated heterocycles. The minimum Gasteiger partial charge on any atom is -0.380 e. The average molecular weight is 436 g/mol. The van der Waals surface area contributed by atoms with E-state index in [1.165, 1.54) is 4.90 Å². The summed E-state index contributed by atoms with van der Waals surface area (Å²) in [6, 6.07) is 3.52. The van der Waals surface area contributed by atoms with Gasteiger partial charge in [-0.25, -0.2) is 9.67 Å². The van der Waals surface area contributed by atoms with Crippen LogP contribution in [0.3, 0.4) is 0 Å². The maximum Gasteiger partial charge on any atom is 0.269 e. The molecular weight excluding hydrogens is 406 g/mol. The van der Waals surface area contributed by atoms with Crippen LogP contribution in [0.25, 0.3) is 5.82 Å². The normalized spacial score (nSPS) is 14.6. The summed E-state index contributed by atoms with van der Waals surface area (Å²) < 4.78 is 1.69. The SMILES string of the molecule is C#C.CN(C=O)CC[C@@H](O)C#Cc1ccnc(-n2nc(C(N)=O)c3c2CC(C)(C)CC3)c1. The van der Waals surface area contributed by atoms with Crippen LogP contribution < -0.4 is 5.73 Å². The summed E-state index contributed by atoms with van der Waals surface area (Å²) in [5, 5.41) is 14.5. The summed E-state index contributed by atoms with van der Waals surface area (Å²) in [6.45, 7) is 4.80. The van der Waals surface area contributed by atoms with E-state index in [-0.39, 0.29) is 5.41 Å². The Balaban J connectivity index is 0.00000176. The van der Waals surface area contributed by atoms with Crippen molar-refractivity contribution in [1.29, 1.82) is 0 Å². The molecule has 0 aliphatic heterocycles.